The van der Waals surface area contributed by atoms with Gasteiger partial charge in [-0.1, -0.05) is 195 Å². The largest absolute Gasteiger partial charge is 0.256 e. The second-order valence-corrected chi connectivity index (χ2v) is 32.0. The molecular weight excluding hydrogens is 1370 g/mol. The molecule has 0 unspecified atom stereocenters. The SMILES string of the molecule is CC1(C)c2cc3c(cc2-c2ncccc21)C(C)(C)c1cc(-c2cc(-c4ccnc5ccccc45)nc(-c4cc(-c5cccc6ccccc56)ccn4)n2)cnc1-3.CC1(C)c2cc3c(cc2-c2ncccc21)C(C)(C)c1cc(-c2nc(-c4cc(-c5cccc6ccccc56)ccn4)cc(-c4cccc5cccnc45)n2)cnc1-3. The molecule has 4 aliphatic carbocycles. The molecular formula is C100H72N12. The Kier molecular flexibility index (Phi) is 14.7. The first kappa shape index (κ1) is 66.4. The Morgan fingerprint density at radius 2 is 0.643 bits per heavy atom. The zero-order valence-electron chi connectivity index (χ0n) is 63.1. The van der Waals surface area contributed by atoms with Crippen molar-refractivity contribution in [2.45, 2.75) is 77.0 Å². The maximum atomic E-state index is 5.26. The third kappa shape index (κ3) is 10.3. The van der Waals surface area contributed by atoms with Crippen molar-refractivity contribution >= 4 is 43.4 Å². The van der Waals surface area contributed by atoms with Crippen LogP contribution in [0.15, 0.2) is 292 Å². The highest BCUT2D eigenvalue weighted by Crippen LogP contribution is 2.58. The summed E-state index contributed by atoms with van der Waals surface area (Å²) in [7, 11) is 0. The highest BCUT2D eigenvalue weighted by atomic mass is 14.9. The number of fused-ring (bicyclic) bond motifs is 16. The fourth-order valence-corrected chi connectivity index (χ4v) is 18.2. The standard InChI is InChI=1S/2C50H36N6/c1-49(2)38-18-10-21-53-46(38)36-25-40-37(26-39(36)49)47-41(50(40,3)4)23-32(28-54-47)48-55-42(35-17-8-13-30-14-9-20-52-45(30)35)27-44(56-48)43-24-31(19-22-51-43)34-16-7-12-29-11-5-6-15-33(29)34;1-49(2)38-16-10-20-53-46(38)36-25-40-37(26-39(36)49)47-41(50(40,3)4)23-31(28-54-47)43-27-44(35-19-22-51-42-17-8-7-14-34(35)42)56-48(55-43)45-24-30(18-21-52-45)33-15-9-12-29-11-5-6-13-32(29)33/h2*5-28H,1-4H3. The van der Waals surface area contributed by atoms with Crippen LogP contribution in [0.5, 0.6) is 0 Å². The second kappa shape index (κ2) is 24.8. The summed E-state index contributed by atoms with van der Waals surface area (Å²) in [4.78, 5) is 60.3. The van der Waals surface area contributed by atoms with Gasteiger partial charge in [-0.15, -0.1) is 0 Å². The lowest BCUT2D eigenvalue weighted by atomic mass is 9.79. The minimum absolute atomic E-state index is 0.148. The molecule has 0 N–H and O–H groups in total. The van der Waals surface area contributed by atoms with Crippen LogP contribution < -0.4 is 0 Å². The molecule has 0 bridgehead atoms. The lowest BCUT2D eigenvalue weighted by Crippen LogP contribution is -2.17. The zero-order chi connectivity index (χ0) is 75.5. The van der Waals surface area contributed by atoms with Gasteiger partial charge in [-0.05, 0) is 191 Å². The number of aromatic nitrogens is 12. The van der Waals surface area contributed by atoms with Crippen LogP contribution in [0.4, 0.5) is 0 Å². The minimum atomic E-state index is -0.307. The van der Waals surface area contributed by atoms with Crippen LogP contribution in [-0.2, 0) is 21.7 Å². The van der Waals surface area contributed by atoms with E-state index in [9.17, 15) is 0 Å². The van der Waals surface area contributed by atoms with Crippen molar-refractivity contribution in [2.24, 2.45) is 0 Å². The van der Waals surface area contributed by atoms with Crippen LogP contribution in [0.3, 0.4) is 0 Å². The van der Waals surface area contributed by atoms with E-state index in [2.05, 4.69) is 254 Å². The molecule has 4 aliphatic rings. The molecule has 18 aromatic rings. The van der Waals surface area contributed by atoms with E-state index in [-0.39, 0.29) is 21.7 Å². The van der Waals surface area contributed by atoms with Crippen molar-refractivity contribution in [2.75, 3.05) is 0 Å². The maximum absolute atomic E-state index is 5.26. The number of rotatable bonds is 8. The Balaban J connectivity index is 0.000000141. The van der Waals surface area contributed by atoms with Gasteiger partial charge in [0.2, 0.25) is 0 Å². The highest BCUT2D eigenvalue weighted by molar-refractivity contribution is 6.00. The molecule has 0 spiro atoms. The van der Waals surface area contributed by atoms with Gasteiger partial charge >= 0.3 is 0 Å². The van der Waals surface area contributed by atoms with E-state index in [1.54, 1.807) is 0 Å². The first-order valence-electron chi connectivity index (χ1n) is 38.2. The van der Waals surface area contributed by atoms with Crippen LogP contribution in [0.2, 0.25) is 0 Å². The second-order valence-electron chi connectivity index (χ2n) is 32.0. The molecule has 0 atom stereocenters. The molecule has 0 saturated heterocycles. The summed E-state index contributed by atoms with van der Waals surface area (Å²) >= 11 is 0. The summed E-state index contributed by atoms with van der Waals surface area (Å²) < 4.78 is 0. The average molecular weight is 1440 g/mol. The lowest BCUT2D eigenvalue weighted by molar-refractivity contribution is 0.651. The Morgan fingerprint density at radius 1 is 0.214 bits per heavy atom. The van der Waals surface area contributed by atoms with E-state index in [0.717, 1.165) is 123 Å². The van der Waals surface area contributed by atoms with Crippen molar-refractivity contribution in [3.05, 3.63) is 337 Å². The number of para-hydroxylation sites is 2. The Morgan fingerprint density at radius 3 is 1.26 bits per heavy atom. The summed E-state index contributed by atoms with van der Waals surface area (Å²) in [6.45, 7) is 18.4. The topological polar surface area (TPSA) is 155 Å². The molecule has 112 heavy (non-hydrogen) atoms. The van der Waals surface area contributed by atoms with E-state index >= 15 is 0 Å². The number of benzene rings is 8. The number of nitrogens with zero attached hydrogens (tertiary/aromatic N) is 12. The normalized spacial score (nSPS) is 14.4. The Labute approximate surface area is 648 Å². The quantitative estimate of drug-likeness (QED) is 0.142. The number of hydrogen-bond acceptors (Lipinski definition) is 12. The molecule has 0 amide bonds. The van der Waals surface area contributed by atoms with Crippen LogP contribution in [0, 0.1) is 0 Å². The summed E-state index contributed by atoms with van der Waals surface area (Å²) in [5, 5.41) is 6.85. The van der Waals surface area contributed by atoms with Crippen molar-refractivity contribution in [3.63, 3.8) is 0 Å². The summed E-state index contributed by atoms with van der Waals surface area (Å²) in [5.41, 5.74) is 32.6. The fraction of sp³-hybridized carbons (Fsp3) is 0.120. The zero-order valence-corrected chi connectivity index (χ0v) is 63.1. The van der Waals surface area contributed by atoms with Gasteiger partial charge in [0.05, 0.1) is 62.3 Å². The van der Waals surface area contributed by atoms with Gasteiger partial charge in [-0.2, -0.15) is 0 Å². The molecule has 0 aliphatic heterocycles. The first-order chi connectivity index (χ1) is 54.5. The van der Waals surface area contributed by atoms with Crippen LogP contribution in [0.25, 0.3) is 179 Å². The van der Waals surface area contributed by atoms with Gasteiger partial charge in [-0.25, -0.2) is 19.9 Å². The summed E-state index contributed by atoms with van der Waals surface area (Å²) in [5.74, 6) is 1.14. The minimum Gasteiger partial charge on any atom is -0.256 e. The smallest absolute Gasteiger partial charge is 0.179 e. The molecule has 12 nitrogen and oxygen atoms in total. The monoisotopic (exact) mass is 1440 g/mol. The van der Waals surface area contributed by atoms with Crippen molar-refractivity contribution in [1.29, 1.82) is 0 Å². The van der Waals surface area contributed by atoms with Gasteiger partial charge in [0, 0.05) is 127 Å². The summed E-state index contributed by atoms with van der Waals surface area (Å²) in [6.07, 6.45) is 15.1. The van der Waals surface area contributed by atoms with Gasteiger partial charge in [-0.3, -0.25) is 39.9 Å². The van der Waals surface area contributed by atoms with Crippen LogP contribution in [0.1, 0.15) is 99.9 Å². The van der Waals surface area contributed by atoms with E-state index in [1.165, 1.54) is 82.7 Å². The van der Waals surface area contributed by atoms with Crippen LogP contribution >= 0.6 is 0 Å². The average Bonchev–Trinajstić information content (AvgIpc) is 1.54. The van der Waals surface area contributed by atoms with E-state index < -0.39 is 0 Å². The van der Waals surface area contributed by atoms with Crippen molar-refractivity contribution in [1.82, 2.24) is 59.8 Å². The Hall–Kier alpha value is -13.8. The predicted octanol–water partition coefficient (Wildman–Crippen LogP) is 23.3. The third-order valence-electron chi connectivity index (χ3n) is 24.2. The molecule has 10 heterocycles. The maximum Gasteiger partial charge on any atom is 0.179 e. The molecule has 532 valence electrons. The molecule has 22 rings (SSSR count). The number of pyridine rings is 8. The third-order valence-corrected chi connectivity index (χ3v) is 24.2. The van der Waals surface area contributed by atoms with Crippen LogP contribution in [-0.4, -0.2) is 59.8 Å². The molecule has 0 saturated carbocycles. The highest BCUT2D eigenvalue weighted by Gasteiger charge is 2.45. The lowest BCUT2D eigenvalue weighted by Gasteiger charge is -2.24. The van der Waals surface area contributed by atoms with Gasteiger partial charge in [0.15, 0.2) is 11.6 Å². The van der Waals surface area contributed by atoms with E-state index in [1.807, 2.05) is 98.1 Å². The first-order valence-corrected chi connectivity index (χ1v) is 38.2. The predicted molar refractivity (Wildman–Crippen MR) is 450 cm³/mol. The Bertz CT molecular complexity index is 6610. The van der Waals surface area contributed by atoms with Gasteiger partial charge < -0.3 is 0 Å². The molecule has 10 aromatic heterocycles. The van der Waals surface area contributed by atoms with Crippen molar-refractivity contribution < 1.29 is 0 Å². The number of hydrogen-bond donors (Lipinski definition) is 0. The fourth-order valence-electron chi connectivity index (χ4n) is 18.2. The molecule has 0 radical (unpaired) electrons. The van der Waals surface area contributed by atoms with Crippen molar-refractivity contribution in [3.8, 4) is 135 Å². The van der Waals surface area contributed by atoms with E-state index in [0.29, 0.717) is 17.3 Å². The molecule has 8 aromatic carbocycles. The summed E-state index contributed by atoms with van der Waals surface area (Å²) in [6, 6.07) is 85.3. The molecule has 0 fully saturated rings. The van der Waals surface area contributed by atoms with Gasteiger partial charge in [0.25, 0.3) is 0 Å². The van der Waals surface area contributed by atoms with E-state index in [4.69, 9.17) is 54.8 Å². The van der Waals surface area contributed by atoms with Gasteiger partial charge in [0.1, 0.15) is 5.69 Å². The molecule has 12 heteroatoms.